The van der Waals surface area contributed by atoms with E-state index in [4.69, 9.17) is 47.4 Å². The fourth-order valence-electron chi connectivity index (χ4n) is 11.3. The number of hydrogen-bond acceptors (Lipinski definition) is 14. The first-order valence-corrected chi connectivity index (χ1v) is 24.4. The van der Waals surface area contributed by atoms with Crippen molar-refractivity contribution >= 4 is 5.97 Å². The summed E-state index contributed by atoms with van der Waals surface area (Å²) in [5.74, 6) is -0.225. The molecule has 0 aromatic carbocycles. The minimum Gasteiger partial charge on any atom is -0.462 e. The number of allylic oxidation sites excluding steroid dienone is 2. The smallest absolute Gasteiger partial charge is 0.316 e. The third kappa shape index (κ3) is 11.8. The van der Waals surface area contributed by atoms with E-state index in [1.807, 2.05) is 26.0 Å². The number of carbonyl (C=O) groups is 1. The average molecular weight is 915 g/mol. The number of carbonyl (C=O) groups excluding carboxylic acids is 1. The monoisotopic (exact) mass is 915 g/mol. The molecule has 3 N–H and O–H groups in total. The Morgan fingerprint density at radius 3 is 2.25 bits per heavy atom. The second kappa shape index (κ2) is 22.9. The van der Waals surface area contributed by atoms with Crippen molar-refractivity contribution in [2.24, 2.45) is 23.7 Å². The van der Waals surface area contributed by atoms with E-state index < -0.39 is 72.8 Å². The second-order valence-electron chi connectivity index (χ2n) is 19.8. The van der Waals surface area contributed by atoms with Gasteiger partial charge in [0.05, 0.1) is 62.5 Å². The number of methoxy groups -OCH3 is 2. The summed E-state index contributed by atoms with van der Waals surface area (Å²) in [6.45, 7) is 13.2. The Hall–Kier alpha value is -2.31. The molecule has 65 heavy (non-hydrogen) atoms. The van der Waals surface area contributed by atoms with Crippen LogP contribution in [0, 0.1) is 23.7 Å². The van der Waals surface area contributed by atoms with Crippen LogP contribution >= 0.6 is 0 Å². The second-order valence-corrected chi connectivity index (χ2v) is 19.8. The lowest BCUT2D eigenvalue weighted by molar-refractivity contribution is -0.318. The summed E-state index contributed by atoms with van der Waals surface area (Å²) in [6, 6.07) is 0. The maximum Gasteiger partial charge on any atom is 0.316 e. The first kappa shape index (κ1) is 50.6. The van der Waals surface area contributed by atoms with Gasteiger partial charge in [-0.2, -0.15) is 0 Å². The van der Waals surface area contributed by atoms with Gasteiger partial charge in [-0.1, -0.05) is 75.6 Å². The number of aliphatic hydroxyl groups is 3. The maximum absolute atomic E-state index is 13.7. The lowest BCUT2D eigenvalue weighted by atomic mass is 9.71. The third-order valence-corrected chi connectivity index (χ3v) is 15.2. The van der Waals surface area contributed by atoms with Gasteiger partial charge in [-0.05, 0) is 69.6 Å². The Labute approximate surface area is 386 Å². The highest BCUT2D eigenvalue weighted by Gasteiger charge is 2.59. The molecule has 14 heteroatoms. The van der Waals surface area contributed by atoms with Crippen molar-refractivity contribution in [2.75, 3.05) is 34.0 Å². The molecule has 366 valence electrons. The lowest BCUT2D eigenvalue weighted by Gasteiger charge is -2.44. The van der Waals surface area contributed by atoms with Crippen molar-refractivity contribution in [3.8, 4) is 0 Å². The molecule has 0 aromatic heterocycles. The van der Waals surface area contributed by atoms with E-state index in [0.29, 0.717) is 61.9 Å². The van der Waals surface area contributed by atoms with Crippen LogP contribution in [0.25, 0.3) is 0 Å². The molecule has 18 atom stereocenters. The Morgan fingerprint density at radius 2 is 1.51 bits per heavy atom. The van der Waals surface area contributed by atoms with Crippen LogP contribution in [0.4, 0.5) is 0 Å². The normalized spacial score (nSPS) is 46.2. The van der Waals surface area contributed by atoms with E-state index in [9.17, 15) is 20.1 Å². The zero-order valence-corrected chi connectivity index (χ0v) is 40.0. The van der Waals surface area contributed by atoms with Crippen LogP contribution in [0.3, 0.4) is 0 Å². The van der Waals surface area contributed by atoms with Gasteiger partial charge in [-0.15, -0.1) is 0 Å². The minimum atomic E-state index is -1.76. The van der Waals surface area contributed by atoms with Crippen molar-refractivity contribution < 1.29 is 67.5 Å². The summed E-state index contributed by atoms with van der Waals surface area (Å²) in [5.41, 5.74) is 0.289. The molecule has 5 fully saturated rings. The average Bonchev–Trinajstić information content (AvgIpc) is 3.64. The molecular formula is C51H78O14. The predicted molar refractivity (Wildman–Crippen MR) is 241 cm³/mol. The van der Waals surface area contributed by atoms with Crippen LogP contribution in [0.15, 0.2) is 59.3 Å². The van der Waals surface area contributed by atoms with Crippen molar-refractivity contribution in [1.82, 2.24) is 0 Å². The van der Waals surface area contributed by atoms with Crippen LogP contribution in [-0.2, 0) is 52.2 Å². The van der Waals surface area contributed by atoms with E-state index in [1.54, 1.807) is 40.2 Å². The third-order valence-electron chi connectivity index (χ3n) is 15.2. The number of rotatable bonds is 7. The standard InChI is InChI=1S/C39H58O13.C12H20O/c1-20-9-8-10-25-19-47-37-33(40)22(3)15-28(39(25,37)43)38(42)50-27-13-14-46-26(16-27)12-11-21(2)35(20)51-32-18-30(45-7)36(24(5)49-32)52-31-17-29(44-6)34(41)23(4)48-31;1-10-6-5-9-13-12(10)11-7-3-2-4-8-11/h8-11,15,20,23-24,26-37,40-41,43H,12-14,16-19H2,1-7H3;5-6,10-12H,2-4,7-9H2,1H3/b9-8+,21-11+,25-10+;/t20?,23-,24-,26+,27+,28-,29-,30-,31?,32-,33+,34-,35?,36-,37+,39?;10-,12-/m00/s1. The Kier molecular flexibility index (Phi) is 17.8. The highest BCUT2D eigenvalue weighted by molar-refractivity contribution is 5.78. The summed E-state index contributed by atoms with van der Waals surface area (Å²) in [6.07, 6.45) is 16.9. The fraction of sp³-hybridized carbons (Fsp3) is 0.784. The van der Waals surface area contributed by atoms with Gasteiger partial charge in [0.1, 0.15) is 42.0 Å². The fourth-order valence-corrected chi connectivity index (χ4v) is 11.3. The molecule has 4 unspecified atom stereocenters. The molecule has 0 spiro atoms. The molecule has 8 aliphatic rings. The largest absolute Gasteiger partial charge is 0.462 e. The number of ether oxygens (including phenoxy) is 10. The van der Waals surface area contributed by atoms with Gasteiger partial charge < -0.3 is 62.7 Å². The zero-order valence-electron chi connectivity index (χ0n) is 40.0. The Balaban J connectivity index is 0.000000413. The number of hydrogen-bond donors (Lipinski definition) is 3. The van der Waals surface area contributed by atoms with Crippen LogP contribution in [0.1, 0.15) is 106 Å². The number of fused-ring (bicyclic) bond motifs is 2. The van der Waals surface area contributed by atoms with E-state index in [1.165, 1.54) is 32.1 Å². The summed E-state index contributed by atoms with van der Waals surface area (Å²) in [4.78, 5) is 13.7. The molecule has 1 saturated carbocycles. The summed E-state index contributed by atoms with van der Waals surface area (Å²) in [7, 11) is 3.21. The van der Waals surface area contributed by atoms with Crippen LogP contribution < -0.4 is 0 Å². The number of esters is 1. The van der Waals surface area contributed by atoms with Crippen molar-refractivity contribution in [2.45, 2.75) is 197 Å². The summed E-state index contributed by atoms with van der Waals surface area (Å²) in [5, 5.41) is 33.5. The highest BCUT2D eigenvalue weighted by atomic mass is 16.7. The van der Waals surface area contributed by atoms with E-state index in [-0.39, 0.29) is 36.9 Å². The SMILES string of the molecule is CO[C@H]1CC(O[C@H]2[C@H](C)O[C@@H](OC3/C(C)=C/C[C@@H]4C[C@@H](CCO4)OC(=O)[C@@H]4C=C(C)[C@@H](O)[C@H]5OC/C(=C\C=C\C3C)C54O)C[C@@H]2OC)O[C@@H](C)[C@@H]1O.C[C@H]1C=CCO[C@@H]1C1CCCCC1. The van der Waals surface area contributed by atoms with Gasteiger partial charge in [-0.3, -0.25) is 4.79 Å². The lowest BCUT2D eigenvalue weighted by Crippen LogP contribution is -2.57. The van der Waals surface area contributed by atoms with Crippen molar-refractivity contribution in [3.63, 3.8) is 0 Å². The van der Waals surface area contributed by atoms with Gasteiger partial charge in [0.2, 0.25) is 0 Å². The molecule has 0 aromatic rings. The molecule has 14 nitrogen and oxygen atoms in total. The van der Waals surface area contributed by atoms with Crippen LogP contribution in [0.2, 0.25) is 0 Å². The molecule has 2 bridgehead atoms. The first-order valence-electron chi connectivity index (χ1n) is 24.4. The van der Waals surface area contributed by atoms with Gasteiger partial charge >= 0.3 is 5.97 Å². The maximum atomic E-state index is 13.7. The van der Waals surface area contributed by atoms with Gasteiger partial charge in [0, 0.05) is 51.7 Å². The van der Waals surface area contributed by atoms with Crippen molar-refractivity contribution in [1.29, 1.82) is 0 Å². The molecule has 2 aliphatic carbocycles. The molecular weight excluding hydrogens is 837 g/mol. The van der Waals surface area contributed by atoms with Gasteiger partial charge in [0.25, 0.3) is 0 Å². The van der Waals surface area contributed by atoms with E-state index in [0.717, 1.165) is 18.1 Å². The topological polar surface area (TPSA) is 170 Å². The predicted octanol–water partition coefficient (Wildman–Crippen LogP) is 6.20. The van der Waals surface area contributed by atoms with Gasteiger partial charge in [-0.25, -0.2) is 0 Å². The van der Waals surface area contributed by atoms with Gasteiger partial charge in [0.15, 0.2) is 12.6 Å². The van der Waals surface area contributed by atoms with E-state index in [2.05, 4.69) is 32.1 Å². The highest BCUT2D eigenvalue weighted by Crippen LogP contribution is 2.46. The molecule has 0 amide bonds. The van der Waals surface area contributed by atoms with Crippen molar-refractivity contribution in [3.05, 3.63) is 59.3 Å². The first-order chi connectivity index (χ1) is 31.2. The van der Waals surface area contributed by atoms with Crippen LogP contribution in [-0.4, -0.2) is 147 Å². The summed E-state index contributed by atoms with van der Waals surface area (Å²) < 4.78 is 60.9. The minimum absolute atomic E-state index is 0.0625. The zero-order chi connectivity index (χ0) is 46.4. The Morgan fingerprint density at radius 1 is 0.785 bits per heavy atom. The molecule has 6 aliphatic heterocycles. The molecule has 0 radical (unpaired) electrons. The number of aliphatic hydroxyl groups excluding tert-OH is 2. The molecule has 6 heterocycles. The molecule has 4 saturated heterocycles. The summed E-state index contributed by atoms with van der Waals surface area (Å²) >= 11 is 0. The van der Waals surface area contributed by atoms with E-state index >= 15 is 0 Å². The molecule has 8 rings (SSSR count). The quantitative estimate of drug-likeness (QED) is 0.195. The van der Waals surface area contributed by atoms with Crippen LogP contribution in [0.5, 0.6) is 0 Å². The Bertz CT molecular complexity index is 1720.